The first-order valence-corrected chi connectivity index (χ1v) is 10.4. The number of carbonyl (C=O) groups excluding carboxylic acids is 3. The van der Waals surface area contributed by atoms with E-state index in [0.717, 1.165) is 5.56 Å². The number of methoxy groups -OCH3 is 2. The maximum atomic E-state index is 12.6. The molecule has 0 unspecified atom stereocenters. The maximum absolute atomic E-state index is 12.6. The molecule has 3 aromatic rings. The van der Waals surface area contributed by atoms with Crippen LogP contribution in [0, 0.1) is 0 Å². The first-order valence-electron chi connectivity index (χ1n) is 10.4. The van der Waals surface area contributed by atoms with Gasteiger partial charge in [0.2, 0.25) is 0 Å². The quantitative estimate of drug-likeness (QED) is 0.339. The standard InChI is InChI=1S/C23H24N4O7/c1-33-19(28)10-9-18(22(31)34-2)25-20(29)14-5-3-13(4-6-14)12-24-15-7-8-17-16(11-15)21(30)27-23(32)26-17/h3-8,11,18,24H,9-10,12H2,1-2H3,(H,25,29)(H2,26,27,30,32)/t18-/m0/s1. The van der Waals surface area contributed by atoms with E-state index in [1.807, 2.05) is 0 Å². The van der Waals surface area contributed by atoms with E-state index in [2.05, 4.69) is 25.3 Å². The van der Waals surface area contributed by atoms with Crippen LogP contribution in [0.2, 0.25) is 0 Å². The number of H-pyrrole nitrogens is 2. The van der Waals surface area contributed by atoms with Crippen LogP contribution in [-0.4, -0.2) is 48.1 Å². The summed E-state index contributed by atoms with van der Waals surface area (Å²) in [6.45, 7) is 0.415. The van der Waals surface area contributed by atoms with E-state index >= 15 is 0 Å². The van der Waals surface area contributed by atoms with Gasteiger partial charge in [0, 0.05) is 24.2 Å². The lowest BCUT2D eigenvalue weighted by Gasteiger charge is -2.16. The summed E-state index contributed by atoms with van der Waals surface area (Å²) in [6.07, 6.45) is 0.00739. The van der Waals surface area contributed by atoms with Crippen molar-refractivity contribution in [3.05, 3.63) is 74.4 Å². The number of esters is 2. The molecule has 1 atom stereocenters. The third-order valence-corrected chi connectivity index (χ3v) is 5.11. The van der Waals surface area contributed by atoms with Crippen LogP contribution in [0.1, 0.15) is 28.8 Å². The molecule has 0 fully saturated rings. The Morgan fingerprint density at radius 1 is 0.971 bits per heavy atom. The van der Waals surface area contributed by atoms with Crippen molar-refractivity contribution in [1.29, 1.82) is 0 Å². The van der Waals surface area contributed by atoms with Gasteiger partial charge in [0.25, 0.3) is 11.5 Å². The van der Waals surface area contributed by atoms with Gasteiger partial charge in [-0.3, -0.25) is 19.4 Å². The van der Waals surface area contributed by atoms with Gasteiger partial charge in [-0.25, -0.2) is 9.59 Å². The minimum atomic E-state index is -0.982. The molecule has 11 heteroatoms. The highest BCUT2D eigenvalue weighted by Gasteiger charge is 2.23. The molecule has 0 aliphatic heterocycles. The Balaban J connectivity index is 1.62. The Kier molecular flexibility index (Phi) is 7.80. The van der Waals surface area contributed by atoms with Gasteiger partial charge in [0.05, 0.1) is 25.1 Å². The Hall–Kier alpha value is -4.41. The number of aromatic amines is 2. The molecule has 3 rings (SSSR count). The lowest BCUT2D eigenvalue weighted by molar-refractivity contribution is -0.144. The van der Waals surface area contributed by atoms with Crippen LogP contribution in [0.15, 0.2) is 52.1 Å². The molecule has 1 heterocycles. The second kappa shape index (κ2) is 10.9. The third-order valence-electron chi connectivity index (χ3n) is 5.11. The second-order valence-corrected chi connectivity index (χ2v) is 7.38. The van der Waals surface area contributed by atoms with Gasteiger partial charge in [-0.05, 0) is 42.3 Å². The summed E-state index contributed by atoms with van der Waals surface area (Å²) in [5.41, 5.74) is 1.27. The fourth-order valence-corrected chi connectivity index (χ4v) is 3.25. The Morgan fingerprint density at radius 2 is 1.71 bits per heavy atom. The molecule has 0 spiro atoms. The van der Waals surface area contributed by atoms with E-state index in [4.69, 9.17) is 4.74 Å². The predicted molar refractivity (Wildman–Crippen MR) is 123 cm³/mol. The number of rotatable bonds is 9. The van der Waals surface area contributed by atoms with Crippen molar-refractivity contribution in [2.45, 2.75) is 25.4 Å². The predicted octanol–water partition coefficient (Wildman–Crippen LogP) is 1.05. The molecule has 11 nitrogen and oxygen atoms in total. The van der Waals surface area contributed by atoms with Crippen LogP contribution < -0.4 is 21.9 Å². The second-order valence-electron chi connectivity index (χ2n) is 7.38. The number of benzene rings is 2. The van der Waals surface area contributed by atoms with E-state index in [1.54, 1.807) is 42.5 Å². The highest BCUT2D eigenvalue weighted by Crippen LogP contribution is 2.15. The summed E-state index contributed by atoms with van der Waals surface area (Å²) in [5, 5.41) is 6.10. The number of carbonyl (C=O) groups is 3. The van der Waals surface area contributed by atoms with E-state index in [9.17, 15) is 24.0 Å². The molecule has 4 N–H and O–H groups in total. The smallest absolute Gasteiger partial charge is 0.328 e. The van der Waals surface area contributed by atoms with Crippen molar-refractivity contribution < 1.29 is 23.9 Å². The highest BCUT2D eigenvalue weighted by atomic mass is 16.5. The zero-order valence-corrected chi connectivity index (χ0v) is 18.6. The maximum Gasteiger partial charge on any atom is 0.328 e. The minimum Gasteiger partial charge on any atom is -0.469 e. The highest BCUT2D eigenvalue weighted by molar-refractivity contribution is 5.96. The molecule has 1 aromatic heterocycles. The molecule has 34 heavy (non-hydrogen) atoms. The average Bonchev–Trinajstić information content (AvgIpc) is 2.84. The lowest BCUT2D eigenvalue weighted by Crippen LogP contribution is -2.41. The van der Waals surface area contributed by atoms with E-state index in [-0.39, 0.29) is 12.8 Å². The van der Waals surface area contributed by atoms with Gasteiger partial charge in [0.15, 0.2) is 0 Å². The fraction of sp³-hybridized carbons (Fsp3) is 0.261. The number of anilines is 1. The lowest BCUT2D eigenvalue weighted by atomic mass is 10.1. The van der Waals surface area contributed by atoms with Gasteiger partial charge in [-0.15, -0.1) is 0 Å². The molecule has 2 aromatic carbocycles. The SMILES string of the molecule is COC(=O)CC[C@H](NC(=O)c1ccc(CNc2ccc3[nH]c(=O)[nH]c(=O)c3c2)cc1)C(=O)OC. The van der Waals surface area contributed by atoms with Gasteiger partial charge in [-0.1, -0.05) is 12.1 Å². The molecule has 178 valence electrons. The summed E-state index contributed by atoms with van der Waals surface area (Å²) in [5.74, 6) is -1.64. The Bertz CT molecular complexity index is 1310. The Labute approximate surface area is 193 Å². The van der Waals surface area contributed by atoms with Gasteiger partial charge >= 0.3 is 17.6 Å². The molecule has 0 radical (unpaired) electrons. The molecule has 0 saturated heterocycles. The zero-order chi connectivity index (χ0) is 24.7. The number of amides is 1. The van der Waals surface area contributed by atoms with Crippen molar-refractivity contribution in [3.63, 3.8) is 0 Å². The third kappa shape index (κ3) is 6.09. The zero-order valence-electron chi connectivity index (χ0n) is 18.6. The number of aromatic nitrogens is 2. The average molecular weight is 468 g/mol. The van der Waals surface area contributed by atoms with Crippen molar-refractivity contribution in [2.24, 2.45) is 0 Å². The van der Waals surface area contributed by atoms with Crippen LogP contribution in [0.4, 0.5) is 5.69 Å². The molecule has 0 aliphatic rings. The summed E-state index contributed by atoms with van der Waals surface area (Å²) >= 11 is 0. The van der Waals surface area contributed by atoms with Crippen molar-refractivity contribution in [2.75, 3.05) is 19.5 Å². The molecule has 0 aliphatic carbocycles. The van der Waals surface area contributed by atoms with E-state index in [0.29, 0.717) is 28.7 Å². The van der Waals surface area contributed by atoms with Crippen molar-refractivity contribution in [1.82, 2.24) is 15.3 Å². The first-order chi connectivity index (χ1) is 16.3. The Morgan fingerprint density at radius 3 is 2.38 bits per heavy atom. The summed E-state index contributed by atoms with van der Waals surface area (Å²) in [4.78, 5) is 63.9. The number of fused-ring (bicyclic) bond motifs is 1. The van der Waals surface area contributed by atoms with Gasteiger partial charge < -0.3 is 25.1 Å². The summed E-state index contributed by atoms with van der Waals surface area (Å²) in [6, 6.07) is 10.7. The van der Waals surface area contributed by atoms with Crippen LogP contribution in [0.5, 0.6) is 0 Å². The number of ether oxygens (including phenoxy) is 2. The largest absolute Gasteiger partial charge is 0.469 e. The molecule has 0 bridgehead atoms. The van der Waals surface area contributed by atoms with Gasteiger partial charge in [-0.2, -0.15) is 0 Å². The minimum absolute atomic E-state index is 0.0438. The monoisotopic (exact) mass is 468 g/mol. The van der Waals surface area contributed by atoms with Crippen molar-refractivity contribution >= 4 is 34.4 Å². The molecular formula is C23H24N4O7. The van der Waals surface area contributed by atoms with Crippen LogP contribution in [-0.2, 0) is 25.6 Å². The van der Waals surface area contributed by atoms with E-state index in [1.165, 1.54) is 14.2 Å². The molecule has 1 amide bonds. The number of nitrogens with one attached hydrogen (secondary N) is 4. The number of hydrogen-bond donors (Lipinski definition) is 4. The topological polar surface area (TPSA) is 159 Å². The molecule has 0 saturated carbocycles. The number of hydrogen-bond acceptors (Lipinski definition) is 8. The fourth-order valence-electron chi connectivity index (χ4n) is 3.25. The van der Waals surface area contributed by atoms with E-state index < -0.39 is 35.1 Å². The van der Waals surface area contributed by atoms with Crippen LogP contribution in [0.3, 0.4) is 0 Å². The van der Waals surface area contributed by atoms with Crippen LogP contribution >= 0.6 is 0 Å². The summed E-state index contributed by atoms with van der Waals surface area (Å²) < 4.78 is 9.26. The van der Waals surface area contributed by atoms with Crippen molar-refractivity contribution in [3.8, 4) is 0 Å². The van der Waals surface area contributed by atoms with Gasteiger partial charge in [0.1, 0.15) is 6.04 Å². The molecular weight excluding hydrogens is 444 g/mol. The normalized spacial score (nSPS) is 11.5. The summed E-state index contributed by atoms with van der Waals surface area (Å²) in [7, 11) is 2.44. The first kappa shape index (κ1) is 24.2. The van der Waals surface area contributed by atoms with Crippen LogP contribution in [0.25, 0.3) is 10.9 Å².